The summed E-state index contributed by atoms with van der Waals surface area (Å²) in [5.41, 5.74) is 4.58. The van der Waals surface area contributed by atoms with E-state index in [1.807, 2.05) is 39.0 Å². The number of urea groups is 1. The van der Waals surface area contributed by atoms with Crippen molar-refractivity contribution in [2.24, 2.45) is 0 Å². The van der Waals surface area contributed by atoms with Gasteiger partial charge < -0.3 is 9.64 Å². The fourth-order valence-corrected chi connectivity index (χ4v) is 4.35. The molecule has 0 saturated carbocycles. The average molecular weight is 473 g/mol. The first kappa shape index (κ1) is 22.8. The highest BCUT2D eigenvalue weighted by molar-refractivity contribution is 5.91. The van der Waals surface area contributed by atoms with Crippen molar-refractivity contribution in [3.05, 3.63) is 66.5 Å². The molecule has 0 unspecified atom stereocenters. The zero-order valence-corrected chi connectivity index (χ0v) is 19.7. The Balaban J connectivity index is 1.54. The Kier molecular flexibility index (Phi) is 6.08. The van der Waals surface area contributed by atoms with Crippen LogP contribution in [0.5, 0.6) is 0 Å². The lowest BCUT2D eigenvalue weighted by Crippen LogP contribution is -2.49. The van der Waals surface area contributed by atoms with E-state index in [9.17, 15) is 9.18 Å². The van der Waals surface area contributed by atoms with Gasteiger partial charge in [-0.1, -0.05) is 6.07 Å². The molecule has 8 nitrogen and oxygen atoms in total. The Labute approximate surface area is 202 Å². The van der Waals surface area contributed by atoms with Crippen LogP contribution in [0, 0.1) is 12.7 Å². The third-order valence-electron chi connectivity index (χ3n) is 5.98. The first-order chi connectivity index (χ1) is 16.9. The summed E-state index contributed by atoms with van der Waals surface area (Å²) in [5, 5.41) is 3.73. The molecule has 2 aromatic carbocycles. The number of rotatable bonds is 3. The van der Waals surface area contributed by atoms with Gasteiger partial charge in [-0.25, -0.2) is 29.1 Å². The Morgan fingerprint density at radius 2 is 1.74 bits per heavy atom. The summed E-state index contributed by atoms with van der Waals surface area (Å²) in [6.45, 7) is 6.76. The fourth-order valence-electron chi connectivity index (χ4n) is 4.35. The van der Waals surface area contributed by atoms with Gasteiger partial charge in [-0.3, -0.25) is 5.32 Å². The van der Waals surface area contributed by atoms with Crippen molar-refractivity contribution >= 4 is 22.9 Å². The van der Waals surface area contributed by atoms with Gasteiger partial charge >= 0.3 is 6.03 Å². The Hall–Kier alpha value is -3.98. The highest BCUT2D eigenvalue weighted by Crippen LogP contribution is 2.33. The molecule has 2 aromatic heterocycles. The maximum Gasteiger partial charge on any atom is 0.324 e. The minimum Gasteiger partial charge on any atom is -0.372 e. The second kappa shape index (κ2) is 9.34. The molecule has 9 heteroatoms. The van der Waals surface area contributed by atoms with E-state index in [0.29, 0.717) is 24.3 Å². The molecule has 5 rings (SSSR count). The molecular formula is C26H25FN6O2. The van der Waals surface area contributed by atoms with E-state index in [-0.39, 0.29) is 30.0 Å². The predicted octanol–water partition coefficient (Wildman–Crippen LogP) is 4.84. The molecule has 0 aliphatic carbocycles. The van der Waals surface area contributed by atoms with Gasteiger partial charge in [0.15, 0.2) is 0 Å². The van der Waals surface area contributed by atoms with Crippen LogP contribution in [0.25, 0.3) is 33.3 Å². The molecule has 3 heterocycles. The minimum absolute atomic E-state index is 0.0529. The number of aryl methyl sites for hydroxylation is 1. The first-order valence-corrected chi connectivity index (χ1v) is 11.4. The molecule has 4 aromatic rings. The van der Waals surface area contributed by atoms with Crippen LogP contribution in [0.3, 0.4) is 0 Å². The van der Waals surface area contributed by atoms with Crippen LogP contribution in [0.15, 0.2) is 55.0 Å². The van der Waals surface area contributed by atoms with Gasteiger partial charge in [0.2, 0.25) is 5.95 Å². The highest BCUT2D eigenvalue weighted by atomic mass is 19.1. The number of halogens is 1. The van der Waals surface area contributed by atoms with Crippen molar-refractivity contribution in [1.82, 2.24) is 24.8 Å². The van der Waals surface area contributed by atoms with Gasteiger partial charge in [0.1, 0.15) is 12.1 Å². The maximum absolute atomic E-state index is 13.6. The van der Waals surface area contributed by atoms with Crippen LogP contribution < -0.4 is 5.32 Å². The van der Waals surface area contributed by atoms with E-state index >= 15 is 0 Å². The summed E-state index contributed by atoms with van der Waals surface area (Å²) in [6.07, 6.45) is 3.11. The molecule has 2 atom stereocenters. The molecule has 1 fully saturated rings. The summed E-state index contributed by atoms with van der Waals surface area (Å²) in [6, 6.07) is 11.7. The lowest BCUT2D eigenvalue weighted by molar-refractivity contribution is -0.0530. The number of nitrogens with zero attached hydrogens (tertiary/aromatic N) is 5. The number of carbonyl (C=O) groups excluding carboxylic acids is 1. The van der Waals surface area contributed by atoms with Crippen molar-refractivity contribution in [2.45, 2.75) is 33.0 Å². The largest absolute Gasteiger partial charge is 0.372 e. The number of benzene rings is 2. The number of anilines is 1. The summed E-state index contributed by atoms with van der Waals surface area (Å²) in [4.78, 5) is 32.3. The number of hydrogen-bond acceptors (Lipinski definition) is 6. The molecule has 35 heavy (non-hydrogen) atoms. The lowest BCUT2D eigenvalue weighted by Gasteiger charge is -2.35. The number of carbonyl (C=O) groups is 1. The Bertz CT molecular complexity index is 1380. The molecule has 2 amide bonds. The summed E-state index contributed by atoms with van der Waals surface area (Å²) < 4.78 is 19.4. The standard InChI is InChI=1S/C26H25FN6O2/c1-15-12-33(13-16(2)35-15)26(34)32-25-28-11-22(24(31-25)18-4-7-20(27)8-5-18)19-6-9-23-21(10-19)17(3)29-14-30-23/h4-11,14-16H,12-13H2,1-3H3,(H,28,31,32,34)/t15-,16+. The molecule has 1 aliphatic heterocycles. The number of fused-ring (bicyclic) bond motifs is 1. The summed E-state index contributed by atoms with van der Waals surface area (Å²) >= 11 is 0. The molecule has 178 valence electrons. The summed E-state index contributed by atoms with van der Waals surface area (Å²) in [5.74, 6) is -0.169. The van der Waals surface area contributed by atoms with Crippen LogP contribution >= 0.6 is 0 Å². The maximum atomic E-state index is 13.6. The van der Waals surface area contributed by atoms with Crippen LogP contribution in [0.1, 0.15) is 19.5 Å². The topological polar surface area (TPSA) is 93.1 Å². The number of amides is 2. The van der Waals surface area contributed by atoms with E-state index in [1.54, 1.807) is 23.2 Å². The highest BCUT2D eigenvalue weighted by Gasteiger charge is 2.26. The predicted molar refractivity (Wildman–Crippen MR) is 131 cm³/mol. The number of aromatic nitrogens is 4. The van der Waals surface area contributed by atoms with Gasteiger partial charge in [-0.05, 0) is 62.7 Å². The quantitative estimate of drug-likeness (QED) is 0.459. The number of morpholine rings is 1. The van der Waals surface area contributed by atoms with Gasteiger partial charge in [-0.2, -0.15) is 0 Å². The second-order valence-corrected chi connectivity index (χ2v) is 8.75. The van der Waals surface area contributed by atoms with E-state index in [2.05, 4.69) is 25.3 Å². The van der Waals surface area contributed by atoms with Gasteiger partial charge in [0.05, 0.1) is 23.4 Å². The molecule has 0 spiro atoms. The Morgan fingerprint density at radius 1 is 1.03 bits per heavy atom. The molecule has 1 aliphatic rings. The SMILES string of the molecule is Cc1ncnc2ccc(-c3cnc(NC(=O)N4C[C@@H](C)O[C@@H](C)C4)nc3-c3ccc(F)cc3)cc12. The zero-order valence-electron chi connectivity index (χ0n) is 19.7. The third kappa shape index (κ3) is 4.81. The number of hydrogen-bond donors (Lipinski definition) is 1. The molecule has 1 saturated heterocycles. The van der Waals surface area contributed by atoms with Gasteiger partial charge in [0, 0.05) is 41.5 Å². The van der Waals surface area contributed by atoms with E-state index in [0.717, 1.165) is 27.7 Å². The molecule has 1 N–H and O–H groups in total. The minimum atomic E-state index is -0.341. The van der Waals surface area contributed by atoms with Gasteiger partial charge in [-0.15, -0.1) is 0 Å². The monoisotopic (exact) mass is 472 g/mol. The Morgan fingerprint density at radius 3 is 2.49 bits per heavy atom. The normalized spacial score (nSPS) is 18.0. The molecular weight excluding hydrogens is 447 g/mol. The lowest BCUT2D eigenvalue weighted by atomic mass is 9.99. The van der Waals surface area contributed by atoms with Crippen LogP contribution in [0.2, 0.25) is 0 Å². The molecule has 0 bridgehead atoms. The van der Waals surface area contributed by atoms with Crippen LogP contribution in [0.4, 0.5) is 15.1 Å². The van der Waals surface area contributed by atoms with Crippen molar-refractivity contribution in [2.75, 3.05) is 18.4 Å². The van der Waals surface area contributed by atoms with Gasteiger partial charge in [0.25, 0.3) is 0 Å². The van der Waals surface area contributed by atoms with E-state index in [1.165, 1.54) is 18.5 Å². The van der Waals surface area contributed by atoms with Crippen molar-refractivity contribution in [3.63, 3.8) is 0 Å². The number of ether oxygens (including phenoxy) is 1. The van der Waals surface area contributed by atoms with Crippen molar-refractivity contribution in [3.8, 4) is 22.4 Å². The zero-order chi connectivity index (χ0) is 24.5. The number of nitrogens with one attached hydrogen (secondary N) is 1. The van der Waals surface area contributed by atoms with Crippen LogP contribution in [-0.2, 0) is 4.74 Å². The van der Waals surface area contributed by atoms with E-state index in [4.69, 9.17) is 4.74 Å². The van der Waals surface area contributed by atoms with Crippen molar-refractivity contribution in [1.29, 1.82) is 0 Å². The first-order valence-electron chi connectivity index (χ1n) is 11.4. The third-order valence-corrected chi connectivity index (χ3v) is 5.98. The van der Waals surface area contributed by atoms with Crippen LogP contribution in [-0.4, -0.2) is 56.2 Å². The summed E-state index contributed by atoms with van der Waals surface area (Å²) in [7, 11) is 0. The fraction of sp³-hybridized carbons (Fsp3) is 0.269. The average Bonchev–Trinajstić information content (AvgIpc) is 2.84. The van der Waals surface area contributed by atoms with Crippen molar-refractivity contribution < 1.29 is 13.9 Å². The smallest absolute Gasteiger partial charge is 0.324 e. The second-order valence-electron chi connectivity index (χ2n) is 8.75. The molecule has 0 radical (unpaired) electrons. The van der Waals surface area contributed by atoms with E-state index < -0.39 is 0 Å².